The Bertz CT molecular complexity index is 928. The van der Waals surface area contributed by atoms with Gasteiger partial charge in [-0.25, -0.2) is 13.1 Å². The van der Waals surface area contributed by atoms with Gasteiger partial charge < -0.3 is 19.7 Å². The van der Waals surface area contributed by atoms with Crippen LogP contribution in [0.4, 0.5) is 5.69 Å². The number of carbonyl (C=O) groups is 1. The number of sulfonamides is 1. The molecule has 11 heteroatoms. The number of carbonyl (C=O) groups excluding carboxylic acids is 1. The summed E-state index contributed by atoms with van der Waals surface area (Å²) in [5.74, 6) is -0.269. The van der Waals surface area contributed by atoms with Crippen LogP contribution in [0.3, 0.4) is 0 Å². The summed E-state index contributed by atoms with van der Waals surface area (Å²) in [4.78, 5) is 14.3. The van der Waals surface area contributed by atoms with Crippen LogP contribution in [0.15, 0.2) is 18.1 Å². The molecule has 1 amide bonds. The largest absolute Gasteiger partial charge is 0.447 e. The quantitative estimate of drug-likeness (QED) is 0.672. The van der Waals surface area contributed by atoms with E-state index in [1.54, 1.807) is 18.7 Å². The second kappa shape index (κ2) is 8.22. The molecule has 0 aromatic heterocycles. The zero-order valence-corrected chi connectivity index (χ0v) is 18.5. The van der Waals surface area contributed by atoms with E-state index < -0.39 is 15.8 Å². The van der Waals surface area contributed by atoms with Gasteiger partial charge >= 0.3 is 0 Å². The Kier molecular flexibility index (Phi) is 6.24. The maximum Gasteiger partial charge on any atom is 0.246 e. The van der Waals surface area contributed by atoms with Crippen LogP contribution >= 0.6 is 23.2 Å². The molecule has 0 unspecified atom stereocenters. The van der Waals surface area contributed by atoms with Gasteiger partial charge in [0.05, 0.1) is 16.6 Å². The Morgan fingerprint density at radius 1 is 1.28 bits per heavy atom. The van der Waals surface area contributed by atoms with E-state index in [0.29, 0.717) is 53.2 Å². The summed E-state index contributed by atoms with van der Waals surface area (Å²) in [7, 11) is -3.48. The molecule has 0 atom stereocenters. The zero-order valence-electron chi connectivity index (χ0n) is 16.1. The number of nitrogens with zero attached hydrogens (tertiary/aromatic N) is 1. The van der Waals surface area contributed by atoms with Gasteiger partial charge in [0.2, 0.25) is 21.7 Å². The van der Waals surface area contributed by atoms with E-state index in [9.17, 15) is 13.2 Å². The van der Waals surface area contributed by atoms with Gasteiger partial charge in [-0.15, -0.1) is 0 Å². The SMILES string of the molecule is C=CS(=O)(=O)NC1CCN(C(=O)CNc2c(Cl)cc(Cl)c3c2OC(C)(C)O3)CC1. The molecule has 2 N–H and O–H groups in total. The first kappa shape index (κ1) is 22.0. The molecular weight excluding hydrogens is 441 g/mol. The molecule has 29 heavy (non-hydrogen) atoms. The van der Waals surface area contributed by atoms with Gasteiger partial charge in [-0.1, -0.05) is 29.8 Å². The molecule has 1 aromatic rings. The molecule has 1 aromatic carbocycles. The fourth-order valence-corrected chi connectivity index (χ4v) is 4.60. The maximum absolute atomic E-state index is 12.6. The van der Waals surface area contributed by atoms with Crippen molar-refractivity contribution in [3.05, 3.63) is 28.1 Å². The van der Waals surface area contributed by atoms with Gasteiger partial charge in [0.25, 0.3) is 0 Å². The molecule has 2 aliphatic rings. The third-order valence-corrected chi connectivity index (χ3v) is 6.33. The lowest BCUT2D eigenvalue weighted by Gasteiger charge is -2.32. The Morgan fingerprint density at radius 3 is 2.52 bits per heavy atom. The number of likely N-dealkylation sites (tertiary alicyclic amines) is 1. The number of fused-ring (bicyclic) bond motifs is 1. The van der Waals surface area contributed by atoms with Gasteiger partial charge in [0, 0.05) is 38.4 Å². The smallest absolute Gasteiger partial charge is 0.246 e. The summed E-state index contributed by atoms with van der Waals surface area (Å²) in [5.41, 5.74) is 0.443. The minimum Gasteiger partial charge on any atom is -0.447 e. The Balaban J connectivity index is 1.60. The average Bonchev–Trinajstić information content (AvgIpc) is 2.97. The lowest BCUT2D eigenvalue weighted by molar-refractivity contribution is -0.130. The van der Waals surface area contributed by atoms with Crippen LogP contribution in [-0.4, -0.2) is 50.7 Å². The third kappa shape index (κ3) is 5.09. The lowest BCUT2D eigenvalue weighted by atomic mass is 10.1. The van der Waals surface area contributed by atoms with E-state index in [2.05, 4.69) is 16.6 Å². The molecule has 3 rings (SSSR count). The van der Waals surface area contributed by atoms with Gasteiger partial charge in [0.15, 0.2) is 11.5 Å². The standard InChI is InChI=1S/C18H23Cl2N3O5S/c1-4-29(25,26)22-11-5-7-23(8-6-11)14(24)10-21-15-12(19)9-13(20)16-17(15)28-18(2,3)27-16/h4,9,11,21-22H,1,5-8,10H2,2-3H3. The highest BCUT2D eigenvalue weighted by atomic mass is 35.5. The average molecular weight is 464 g/mol. The molecule has 1 fully saturated rings. The molecule has 0 aliphatic carbocycles. The molecule has 0 saturated carbocycles. The van der Waals surface area contributed by atoms with Crippen molar-refractivity contribution >= 4 is 44.8 Å². The van der Waals surface area contributed by atoms with Crippen molar-refractivity contribution in [3.8, 4) is 11.5 Å². The number of halogens is 2. The fraction of sp³-hybridized carbons (Fsp3) is 0.500. The zero-order chi connectivity index (χ0) is 21.4. The van der Waals surface area contributed by atoms with Crippen LogP contribution in [0.1, 0.15) is 26.7 Å². The molecule has 0 spiro atoms. The normalized spacial score (nSPS) is 18.6. The predicted molar refractivity (Wildman–Crippen MR) is 112 cm³/mol. The van der Waals surface area contributed by atoms with Crippen molar-refractivity contribution in [2.75, 3.05) is 25.0 Å². The fourth-order valence-electron chi connectivity index (χ4n) is 3.25. The van der Waals surface area contributed by atoms with Crippen molar-refractivity contribution in [2.24, 2.45) is 0 Å². The predicted octanol–water partition coefficient (Wildman–Crippen LogP) is 2.97. The monoisotopic (exact) mass is 463 g/mol. The molecule has 8 nitrogen and oxygen atoms in total. The number of anilines is 1. The number of nitrogens with one attached hydrogen (secondary N) is 2. The summed E-state index contributed by atoms with van der Waals surface area (Å²) < 4.78 is 37.2. The molecule has 160 valence electrons. The van der Waals surface area contributed by atoms with Crippen molar-refractivity contribution < 1.29 is 22.7 Å². The van der Waals surface area contributed by atoms with Crippen LogP contribution in [-0.2, 0) is 14.8 Å². The maximum atomic E-state index is 12.6. The molecule has 2 aliphatic heterocycles. The van der Waals surface area contributed by atoms with E-state index >= 15 is 0 Å². The van der Waals surface area contributed by atoms with Gasteiger partial charge in [0.1, 0.15) is 5.69 Å². The number of amides is 1. The van der Waals surface area contributed by atoms with E-state index in [0.717, 1.165) is 5.41 Å². The molecule has 0 bridgehead atoms. The van der Waals surface area contributed by atoms with Gasteiger partial charge in [-0.2, -0.15) is 0 Å². The van der Waals surface area contributed by atoms with Crippen molar-refractivity contribution in [1.82, 2.24) is 9.62 Å². The first-order valence-corrected chi connectivity index (χ1v) is 11.4. The van der Waals surface area contributed by atoms with Gasteiger partial charge in [-0.05, 0) is 18.9 Å². The second-order valence-electron chi connectivity index (χ2n) is 7.32. The Morgan fingerprint density at radius 2 is 1.90 bits per heavy atom. The Labute approximate surface area is 180 Å². The highest BCUT2D eigenvalue weighted by molar-refractivity contribution is 7.92. The summed E-state index contributed by atoms with van der Waals surface area (Å²) in [5, 5.41) is 4.56. The summed E-state index contributed by atoms with van der Waals surface area (Å²) >= 11 is 12.5. The van der Waals surface area contributed by atoms with Crippen molar-refractivity contribution in [2.45, 2.75) is 38.5 Å². The van der Waals surface area contributed by atoms with E-state index in [-0.39, 0.29) is 18.5 Å². The topological polar surface area (TPSA) is 97.0 Å². The highest BCUT2D eigenvalue weighted by Crippen LogP contribution is 2.51. The number of rotatable bonds is 6. The summed E-state index contributed by atoms with van der Waals surface area (Å²) in [6, 6.07) is 1.33. The minimum absolute atomic E-state index is 0.000628. The van der Waals surface area contributed by atoms with E-state index in [1.165, 1.54) is 6.07 Å². The van der Waals surface area contributed by atoms with Crippen molar-refractivity contribution in [3.63, 3.8) is 0 Å². The van der Waals surface area contributed by atoms with Crippen LogP contribution < -0.4 is 19.5 Å². The van der Waals surface area contributed by atoms with Crippen LogP contribution in [0, 0.1) is 0 Å². The van der Waals surface area contributed by atoms with Crippen molar-refractivity contribution in [1.29, 1.82) is 0 Å². The molecular formula is C18H23Cl2N3O5S. The van der Waals surface area contributed by atoms with Crippen LogP contribution in [0.2, 0.25) is 10.0 Å². The molecule has 1 saturated heterocycles. The van der Waals surface area contributed by atoms with Crippen LogP contribution in [0.5, 0.6) is 11.5 Å². The molecule has 0 radical (unpaired) electrons. The summed E-state index contributed by atoms with van der Waals surface area (Å²) in [6.07, 6.45) is 1.06. The third-order valence-electron chi connectivity index (χ3n) is 4.65. The second-order valence-corrected chi connectivity index (χ2v) is 9.79. The van der Waals surface area contributed by atoms with E-state index in [1.807, 2.05) is 0 Å². The minimum atomic E-state index is -3.48. The first-order chi connectivity index (χ1) is 13.5. The van der Waals surface area contributed by atoms with Crippen LogP contribution in [0.25, 0.3) is 0 Å². The lowest BCUT2D eigenvalue weighted by Crippen LogP contribution is -2.47. The molecule has 2 heterocycles. The highest BCUT2D eigenvalue weighted by Gasteiger charge is 2.37. The first-order valence-electron chi connectivity index (χ1n) is 9.08. The number of hydrogen-bond donors (Lipinski definition) is 2. The summed E-state index contributed by atoms with van der Waals surface area (Å²) in [6.45, 7) is 7.67. The Hall–Kier alpha value is -1.68. The van der Waals surface area contributed by atoms with E-state index in [4.69, 9.17) is 32.7 Å². The van der Waals surface area contributed by atoms with Gasteiger partial charge in [-0.3, -0.25) is 4.79 Å². The number of ether oxygens (including phenoxy) is 2. The number of hydrogen-bond acceptors (Lipinski definition) is 6. The number of benzene rings is 1. The number of piperidine rings is 1.